The standard InChI is InChI=1S/C41H27NS/c1-26-29(23-24-42)41(28-21-22-39-37(25-28)33-15-8-9-20-38(33)43-39)36-18-7-6-17-35(36)40(26)34-16-5-4-14-32(34)31-19-10-12-27-11-2-3-13-30(27)31/h2-25,42H,1H2/b29-23+,42-24?. The molecule has 2 heteroatoms. The second-order valence-corrected chi connectivity index (χ2v) is 12.0. The van der Waals surface area contributed by atoms with Gasteiger partial charge in [0.25, 0.3) is 0 Å². The van der Waals surface area contributed by atoms with Crippen molar-refractivity contribution in [3.63, 3.8) is 0 Å². The van der Waals surface area contributed by atoms with Gasteiger partial charge in [0.15, 0.2) is 0 Å². The monoisotopic (exact) mass is 565 g/mol. The summed E-state index contributed by atoms with van der Waals surface area (Å²) >= 11 is 1.83. The smallest absolute Gasteiger partial charge is 0.0355 e. The number of hydrogen-bond acceptors (Lipinski definition) is 2. The minimum atomic E-state index is 0.931. The van der Waals surface area contributed by atoms with E-state index in [9.17, 15) is 0 Å². The molecule has 0 aliphatic carbocycles. The van der Waals surface area contributed by atoms with Crippen LogP contribution in [0.4, 0.5) is 0 Å². The third-order valence-corrected chi connectivity index (χ3v) is 9.71. The molecule has 8 rings (SSSR count). The molecule has 0 radical (unpaired) electrons. The Morgan fingerprint density at radius 2 is 1.12 bits per heavy atom. The van der Waals surface area contributed by atoms with Crippen LogP contribution in [-0.2, 0) is 0 Å². The molecule has 0 saturated heterocycles. The van der Waals surface area contributed by atoms with Gasteiger partial charge < -0.3 is 5.41 Å². The number of rotatable bonds is 4. The van der Waals surface area contributed by atoms with Crippen LogP contribution >= 0.6 is 11.3 Å². The minimum Gasteiger partial charge on any atom is -0.309 e. The van der Waals surface area contributed by atoms with Crippen molar-refractivity contribution in [3.8, 4) is 33.4 Å². The predicted molar refractivity (Wildman–Crippen MR) is 189 cm³/mol. The van der Waals surface area contributed by atoms with Crippen LogP contribution in [0.25, 0.3) is 87.8 Å². The molecule has 0 spiro atoms. The van der Waals surface area contributed by atoms with E-state index in [0.717, 1.165) is 43.5 Å². The molecule has 8 aromatic rings. The van der Waals surface area contributed by atoms with Gasteiger partial charge in [0.2, 0.25) is 0 Å². The third-order valence-electron chi connectivity index (χ3n) is 8.55. The fourth-order valence-corrected chi connectivity index (χ4v) is 7.76. The van der Waals surface area contributed by atoms with Crippen LogP contribution < -0.4 is 10.4 Å². The molecule has 1 nitrogen and oxygen atoms in total. The van der Waals surface area contributed by atoms with Gasteiger partial charge in [0.1, 0.15) is 0 Å². The van der Waals surface area contributed by atoms with E-state index in [4.69, 9.17) is 12.0 Å². The second-order valence-electron chi connectivity index (χ2n) is 10.9. The van der Waals surface area contributed by atoms with E-state index in [2.05, 4.69) is 133 Å². The summed E-state index contributed by atoms with van der Waals surface area (Å²) in [4.78, 5) is 0. The largest absolute Gasteiger partial charge is 0.309 e. The molecule has 0 fully saturated rings. The fraction of sp³-hybridized carbons (Fsp3) is 0. The van der Waals surface area contributed by atoms with Gasteiger partial charge in [-0.3, -0.25) is 0 Å². The van der Waals surface area contributed by atoms with Gasteiger partial charge in [-0.15, -0.1) is 11.3 Å². The van der Waals surface area contributed by atoms with Crippen molar-refractivity contribution in [1.82, 2.24) is 0 Å². The average Bonchev–Trinajstić information content (AvgIpc) is 3.43. The van der Waals surface area contributed by atoms with E-state index in [1.54, 1.807) is 0 Å². The molecule has 0 amide bonds. The molecule has 1 N–H and O–H groups in total. The molecule has 0 aliphatic heterocycles. The van der Waals surface area contributed by atoms with Crippen LogP contribution in [0.15, 0.2) is 133 Å². The number of thiophene rings is 1. The van der Waals surface area contributed by atoms with Crippen LogP contribution in [-0.4, -0.2) is 6.21 Å². The number of fused-ring (bicyclic) bond motifs is 5. The average molecular weight is 566 g/mol. The molecule has 0 bridgehead atoms. The maximum Gasteiger partial charge on any atom is 0.0355 e. The van der Waals surface area contributed by atoms with Crippen LogP contribution in [0.2, 0.25) is 0 Å². The molecule has 0 unspecified atom stereocenters. The first-order valence-electron chi connectivity index (χ1n) is 14.5. The van der Waals surface area contributed by atoms with E-state index in [1.807, 2.05) is 17.4 Å². The van der Waals surface area contributed by atoms with Crippen molar-refractivity contribution in [2.75, 3.05) is 0 Å². The van der Waals surface area contributed by atoms with Crippen LogP contribution in [0.3, 0.4) is 0 Å². The minimum absolute atomic E-state index is 0.931. The number of nitrogens with one attached hydrogen (secondary N) is 1. The maximum absolute atomic E-state index is 8.15. The Labute approximate surface area is 253 Å². The van der Waals surface area contributed by atoms with Crippen molar-refractivity contribution in [2.45, 2.75) is 0 Å². The Balaban J connectivity index is 1.47. The van der Waals surface area contributed by atoms with E-state index in [0.29, 0.717) is 0 Å². The molecule has 202 valence electrons. The zero-order valence-corrected chi connectivity index (χ0v) is 24.3. The fourth-order valence-electron chi connectivity index (χ4n) is 6.68. The summed E-state index contributed by atoms with van der Waals surface area (Å²) in [5.74, 6) is 0. The van der Waals surface area contributed by atoms with Gasteiger partial charge in [-0.05, 0) is 89.6 Å². The first-order chi connectivity index (χ1) is 21.2. The van der Waals surface area contributed by atoms with E-state index < -0.39 is 0 Å². The molecular weight excluding hydrogens is 539 g/mol. The molecule has 1 heterocycles. The molecule has 7 aromatic carbocycles. The summed E-state index contributed by atoms with van der Waals surface area (Å²) in [5, 5.41) is 17.4. The Hall–Kier alpha value is -5.31. The maximum atomic E-state index is 8.15. The number of hydrogen-bond donors (Lipinski definition) is 1. The Morgan fingerprint density at radius 1 is 0.512 bits per heavy atom. The highest BCUT2D eigenvalue weighted by Gasteiger charge is 2.18. The van der Waals surface area contributed by atoms with Gasteiger partial charge in [0.05, 0.1) is 0 Å². The molecule has 0 saturated carbocycles. The summed E-state index contributed by atoms with van der Waals surface area (Å²) in [7, 11) is 0. The highest BCUT2D eigenvalue weighted by molar-refractivity contribution is 7.25. The van der Waals surface area contributed by atoms with Crippen LogP contribution in [0, 0.1) is 5.41 Å². The quantitative estimate of drug-likeness (QED) is 0.205. The second kappa shape index (κ2) is 10.2. The summed E-state index contributed by atoms with van der Waals surface area (Å²) in [6.45, 7) is 4.72. The SMILES string of the molecule is C=c1c(-c2ccccc2-c2cccc3ccccc23)c2ccccc2c(-c2ccc3sc4ccccc4c3c2)/c1=C/C=N. The van der Waals surface area contributed by atoms with Gasteiger partial charge in [-0.2, -0.15) is 0 Å². The molecule has 1 aromatic heterocycles. The van der Waals surface area contributed by atoms with Crippen molar-refractivity contribution >= 4 is 71.9 Å². The Bertz CT molecular complexity index is 2490. The first-order valence-corrected chi connectivity index (χ1v) is 15.3. The van der Waals surface area contributed by atoms with E-state index in [-0.39, 0.29) is 0 Å². The molecular formula is C41H27NS. The van der Waals surface area contributed by atoms with Crippen LogP contribution in [0.1, 0.15) is 0 Å². The van der Waals surface area contributed by atoms with Crippen molar-refractivity contribution in [2.24, 2.45) is 0 Å². The lowest BCUT2D eigenvalue weighted by Gasteiger charge is -2.18. The third kappa shape index (κ3) is 4.03. The summed E-state index contributed by atoms with van der Waals surface area (Å²) < 4.78 is 2.58. The topological polar surface area (TPSA) is 23.9 Å². The number of benzene rings is 7. The first kappa shape index (κ1) is 25.4. The van der Waals surface area contributed by atoms with E-state index >= 15 is 0 Å². The van der Waals surface area contributed by atoms with E-state index in [1.165, 1.54) is 48.3 Å². The summed E-state index contributed by atoms with van der Waals surface area (Å²) in [6.07, 6.45) is 3.30. The highest BCUT2D eigenvalue weighted by atomic mass is 32.1. The lowest BCUT2D eigenvalue weighted by atomic mass is 9.85. The van der Waals surface area contributed by atoms with Crippen molar-refractivity contribution in [1.29, 1.82) is 5.41 Å². The Kier molecular flexibility index (Phi) is 6.03. The predicted octanol–water partition coefficient (Wildman–Crippen LogP) is 10.2. The zero-order chi connectivity index (χ0) is 28.9. The highest BCUT2D eigenvalue weighted by Crippen LogP contribution is 2.40. The lowest BCUT2D eigenvalue weighted by molar-refractivity contribution is 1.53. The van der Waals surface area contributed by atoms with Crippen molar-refractivity contribution < 1.29 is 0 Å². The Morgan fingerprint density at radius 3 is 1.93 bits per heavy atom. The van der Waals surface area contributed by atoms with Gasteiger partial charge in [-0.25, -0.2) is 0 Å². The van der Waals surface area contributed by atoms with Gasteiger partial charge >= 0.3 is 0 Å². The lowest BCUT2D eigenvalue weighted by Crippen LogP contribution is -2.28. The van der Waals surface area contributed by atoms with Gasteiger partial charge in [-0.1, -0.05) is 122 Å². The molecule has 0 atom stereocenters. The van der Waals surface area contributed by atoms with Gasteiger partial charge in [0, 0.05) is 26.4 Å². The van der Waals surface area contributed by atoms with Crippen LogP contribution in [0.5, 0.6) is 0 Å². The zero-order valence-electron chi connectivity index (χ0n) is 23.5. The molecule has 0 aliphatic rings. The van der Waals surface area contributed by atoms with Crippen molar-refractivity contribution in [3.05, 3.63) is 144 Å². The summed E-state index contributed by atoms with van der Waals surface area (Å²) in [6, 6.07) is 47.8. The summed E-state index contributed by atoms with van der Waals surface area (Å²) in [5.41, 5.74) is 6.89. The molecule has 43 heavy (non-hydrogen) atoms. The normalized spacial score (nSPS) is 12.0.